The number of esters is 2. The summed E-state index contributed by atoms with van der Waals surface area (Å²) in [6, 6.07) is 13.6. The standard InChI is InChI=1S/C30H38N4O5/c1-20-9-5-6-11-23(20)26-25(28(35)37-4)21(2)33-24(18-38-16-13-31)27(26)29(36)39-30(3)12-15-34(19-30)17-22-10-7-8-14-32-22/h5-11,14,26,33H,12-13,15-19,31H2,1-4H3. The van der Waals surface area contributed by atoms with E-state index in [1.54, 1.807) is 13.1 Å². The second-order valence-corrected chi connectivity index (χ2v) is 10.3. The van der Waals surface area contributed by atoms with Crippen LogP contribution in [0.5, 0.6) is 0 Å². The molecule has 0 amide bonds. The lowest BCUT2D eigenvalue weighted by Crippen LogP contribution is -2.40. The zero-order chi connectivity index (χ0) is 28.0. The molecule has 208 valence electrons. The van der Waals surface area contributed by atoms with Gasteiger partial charge in [-0.15, -0.1) is 0 Å². The van der Waals surface area contributed by atoms with Gasteiger partial charge in [-0.1, -0.05) is 30.3 Å². The van der Waals surface area contributed by atoms with Crippen LogP contribution >= 0.6 is 0 Å². The summed E-state index contributed by atoms with van der Waals surface area (Å²) < 4.78 is 17.2. The highest BCUT2D eigenvalue weighted by Gasteiger charge is 2.43. The summed E-state index contributed by atoms with van der Waals surface area (Å²) in [5.74, 6) is -1.68. The Morgan fingerprint density at radius 1 is 1.13 bits per heavy atom. The number of carbonyl (C=O) groups is 2. The van der Waals surface area contributed by atoms with E-state index in [4.69, 9.17) is 19.9 Å². The van der Waals surface area contributed by atoms with Crippen molar-refractivity contribution >= 4 is 11.9 Å². The van der Waals surface area contributed by atoms with Gasteiger partial charge in [-0.3, -0.25) is 9.88 Å². The van der Waals surface area contributed by atoms with Crippen molar-refractivity contribution in [3.05, 3.63) is 88.0 Å². The molecule has 0 saturated carbocycles. The smallest absolute Gasteiger partial charge is 0.337 e. The maximum Gasteiger partial charge on any atom is 0.337 e. The normalized spacial score (nSPS) is 21.6. The number of allylic oxidation sites excluding steroid dienone is 1. The van der Waals surface area contributed by atoms with Gasteiger partial charge < -0.3 is 25.3 Å². The Morgan fingerprint density at radius 2 is 1.90 bits per heavy atom. The molecule has 3 heterocycles. The third-order valence-corrected chi connectivity index (χ3v) is 7.24. The fourth-order valence-electron chi connectivity index (χ4n) is 5.35. The monoisotopic (exact) mass is 534 g/mol. The van der Waals surface area contributed by atoms with E-state index in [0.29, 0.717) is 55.2 Å². The van der Waals surface area contributed by atoms with E-state index in [9.17, 15) is 9.59 Å². The molecule has 2 atom stereocenters. The number of nitrogens with zero attached hydrogens (tertiary/aromatic N) is 2. The minimum absolute atomic E-state index is 0.123. The Balaban J connectivity index is 1.68. The predicted octanol–water partition coefficient (Wildman–Crippen LogP) is 2.96. The number of nitrogens with one attached hydrogen (secondary N) is 1. The number of pyridine rings is 1. The van der Waals surface area contributed by atoms with Crippen LogP contribution in [0.4, 0.5) is 0 Å². The molecule has 0 radical (unpaired) electrons. The van der Waals surface area contributed by atoms with Crippen molar-refractivity contribution in [2.45, 2.75) is 45.3 Å². The molecule has 0 spiro atoms. The lowest BCUT2D eigenvalue weighted by Gasteiger charge is -2.34. The van der Waals surface area contributed by atoms with E-state index in [-0.39, 0.29) is 6.61 Å². The number of hydrogen-bond acceptors (Lipinski definition) is 9. The van der Waals surface area contributed by atoms with E-state index < -0.39 is 23.5 Å². The van der Waals surface area contributed by atoms with E-state index in [2.05, 4.69) is 15.2 Å². The Hall–Kier alpha value is -3.53. The van der Waals surface area contributed by atoms with Crippen LogP contribution in [0.25, 0.3) is 0 Å². The summed E-state index contributed by atoms with van der Waals surface area (Å²) in [5.41, 5.74) is 9.55. The van der Waals surface area contributed by atoms with Crippen LogP contribution in [0, 0.1) is 6.92 Å². The number of aryl methyl sites for hydroxylation is 1. The molecule has 2 aliphatic heterocycles. The van der Waals surface area contributed by atoms with Crippen molar-refractivity contribution in [2.24, 2.45) is 5.73 Å². The molecule has 1 aromatic heterocycles. The third-order valence-electron chi connectivity index (χ3n) is 7.24. The van der Waals surface area contributed by atoms with Gasteiger partial charge in [-0.25, -0.2) is 9.59 Å². The molecule has 4 rings (SSSR count). The van der Waals surface area contributed by atoms with E-state index in [1.165, 1.54) is 7.11 Å². The molecule has 2 aliphatic rings. The first-order valence-electron chi connectivity index (χ1n) is 13.2. The van der Waals surface area contributed by atoms with E-state index in [1.807, 2.05) is 56.3 Å². The van der Waals surface area contributed by atoms with Gasteiger partial charge in [-0.2, -0.15) is 0 Å². The summed E-state index contributed by atoms with van der Waals surface area (Å²) in [4.78, 5) is 33.9. The van der Waals surface area contributed by atoms with Crippen LogP contribution < -0.4 is 11.1 Å². The fourth-order valence-corrected chi connectivity index (χ4v) is 5.35. The van der Waals surface area contributed by atoms with Crippen LogP contribution in [-0.2, 0) is 30.3 Å². The van der Waals surface area contributed by atoms with Gasteiger partial charge in [0.25, 0.3) is 0 Å². The molecule has 1 aromatic carbocycles. The highest BCUT2D eigenvalue weighted by molar-refractivity contribution is 6.00. The van der Waals surface area contributed by atoms with Crippen molar-refractivity contribution in [1.29, 1.82) is 0 Å². The van der Waals surface area contributed by atoms with E-state index >= 15 is 0 Å². The summed E-state index contributed by atoms with van der Waals surface area (Å²) >= 11 is 0. The molecule has 9 nitrogen and oxygen atoms in total. The molecule has 3 N–H and O–H groups in total. The zero-order valence-electron chi connectivity index (χ0n) is 23.2. The Labute approximate surface area is 230 Å². The molecular formula is C30H38N4O5. The maximum absolute atomic E-state index is 14.1. The molecule has 9 heteroatoms. The average molecular weight is 535 g/mol. The molecule has 1 fully saturated rings. The van der Waals surface area contributed by atoms with Crippen molar-refractivity contribution < 1.29 is 23.8 Å². The quantitative estimate of drug-likeness (QED) is 0.351. The van der Waals surface area contributed by atoms with Crippen LogP contribution in [0.2, 0.25) is 0 Å². The number of rotatable bonds is 10. The number of likely N-dealkylation sites (tertiary alicyclic amines) is 1. The minimum Gasteiger partial charge on any atom is -0.466 e. The van der Waals surface area contributed by atoms with Crippen molar-refractivity contribution in [3.63, 3.8) is 0 Å². The van der Waals surface area contributed by atoms with Gasteiger partial charge in [0, 0.05) is 44.5 Å². The van der Waals surface area contributed by atoms with Crippen molar-refractivity contribution in [1.82, 2.24) is 15.2 Å². The van der Waals surface area contributed by atoms with Crippen LogP contribution in [0.1, 0.15) is 43.0 Å². The number of hydrogen-bond donors (Lipinski definition) is 2. The van der Waals surface area contributed by atoms with Gasteiger partial charge in [0.2, 0.25) is 0 Å². The summed E-state index contributed by atoms with van der Waals surface area (Å²) in [6.07, 6.45) is 2.46. The molecule has 0 aliphatic carbocycles. The molecular weight excluding hydrogens is 496 g/mol. The fraction of sp³-hybridized carbons (Fsp3) is 0.433. The molecule has 1 saturated heterocycles. The van der Waals surface area contributed by atoms with Crippen molar-refractivity contribution in [2.75, 3.05) is 40.0 Å². The number of ether oxygens (including phenoxy) is 3. The lowest BCUT2D eigenvalue weighted by atomic mass is 9.78. The van der Waals surface area contributed by atoms with Gasteiger partial charge in [0.15, 0.2) is 0 Å². The average Bonchev–Trinajstić information content (AvgIpc) is 3.28. The largest absolute Gasteiger partial charge is 0.466 e. The predicted molar refractivity (Wildman–Crippen MR) is 147 cm³/mol. The number of carbonyl (C=O) groups excluding carboxylic acids is 2. The minimum atomic E-state index is -0.708. The van der Waals surface area contributed by atoms with Crippen LogP contribution in [0.15, 0.2) is 71.2 Å². The van der Waals surface area contributed by atoms with Gasteiger partial charge in [-0.05, 0) is 44.0 Å². The van der Waals surface area contributed by atoms with Gasteiger partial charge in [0.1, 0.15) is 5.60 Å². The number of benzene rings is 1. The first-order chi connectivity index (χ1) is 18.8. The maximum atomic E-state index is 14.1. The second-order valence-electron chi connectivity index (χ2n) is 10.3. The summed E-state index contributed by atoms with van der Waals surface area (Å²) in [7, 11) is 1.34. The lowest BCUT2D eigenvalue weighted by molar-refractivity contribution is -0.152. The Kier molecular flexibility index (Phi) is 9.16. The highest BCUT2D eigenvalue weighted by Crippen LogP contribution is 2.41. The van der Waals surface area contributed by atoms with Gasteiger partial charge in [0.05, 0.1) is 48.8 Å². The third kappa shape index (κ3) is 6.55. The number of dihydropyridines is 1. The SMILES string of the molecule is COC(=O)C1=C(C)NC(COCCN)=C(C(=O)OC2(C)CCN(Cc3ccccn3)C2)C1c1ccccc1C. The Bertz CT molecular complexity index is 1260. The Morgan fingerprint density at radius 3 is 2.59 bits per heavy atom. The zero-order valence-corrected chi connectivity index (χ0v) is 23.2. The second kappa shape index (κ2) is 12.5. The van der Waals surface area contributed by atoms with Crippen LogP contribution in [-0.4, -0.2) is 67.4 Å². The molecule has 0 bridgehead atoms. The number of aromatic nitrogens is 1. The topological polar surface area (TPSA) is 116 Å². The molecule has 39 heavy (non-hydrogen) atoms. The van der Waals surface area contributed by atoms with E-state index in [0.717, 1.165) is 23.4 Å². The highest BCUT2D eigenvalue weighted by atomic mass is 16.6. The summed E-state index contributed by atoms with van der Waals surface area (Å²) in [5, 5.41) is 3.24. The molecule has 2 unspecified atom stereocenters. The number of nitrogens with two attached hydrogens (primary N) is 1. The van der Waals surface area contributed by atoms with Crippen LogP contribution in [0.3, 0.4) is 0 Å². The van der Waals surface area contributed by atoms with Crippen molar-refractivity contribution in [3.8, 4) is 0 Å². The summed E-state index contributed by atoms with van der Waals surface area (Å²) in [6.45, 7) is 8.54. The molecule has 2 aromatic rings. The first kappa shape index (κ1) is 28.5. The van der Waals surface area contributed by atoms with Gasteiger partial charge >= 0.3 is 11.9 Å². The number of methoxy groups -OCH3 is 1. The first-order valence-corrected chi connectivity index (χ1v) is 13.2.